The van der Waals surface area contributed by atoms with Gasteiger partial charge < -0.3 is 10.2 Å². The number of hydrogen-bond acceptors (Lipinski definition) is 4. The molecule has 0 radical (unpaired) electrons. The minimum absolute atomic E-state index is 0.00455. The molecule has 1 N–H and O–H groups in total. The third kappa shape index (κ3) is 8.34. The van der Waals surface area contributed by atoms with Crippen LogP contribution in [-0.4, -0.2) is 43.8 Å². The highest BCUT2D eigenvalue weighted by Gasteiger charge is 2.35. The summed E-state index contributed by atoms with van der Waals surface area (Å²) in [5.74, 6) is -1.64. The number of amides is 2. The number of sulfonamides is 1. The SMILES string of the molecule is O=C(NC1CCCC1)C(Cc1ccccc1)N(Cc1cccc(Br)c1)C(=O)CN(c1ccc(F)c(Cl)c1)S(=O)(=O)c1ccccc1. The zero-order chi connectivity index (χ0) is 32.7. The van der Waals surface area contributed by atoms with Gasteiger partial charge in [0.05, 0.1) is 15.6 Å². The largest absolute Gasteiger partial charge is 0.352 e. The lowest BCUT2D eigenvalue weighted by Crippen LogP contribution is -2.54. The zero-order valence-corrected chi connectivity index (χ0v) is 28.1. The topological polar surface area (TPSA) is 86.8 Å². The average Bonchev–Trinajstić information content (AvgIpc) is 3.56. The van der Waals surface area contributed by atoms with Gasteiger partial charge in [0, 0.05) is 23.5 Å². The molecule has 240 valence electrons. The van der Waals surface area contributed by atoms with E-state index in [1.54, 1.807) is 18.2 Å². The summed E-state index contributed by atoms with van der Waals surface area (Å²) in [6.45, 7) is -0.619. The van der Waals surface area contributed by atoms with Crippen molar-refractivity contribution in [2.24, 2.45) is 0 Å². The van der Waals surface area contributed by atoms with E-state index >= 15 is 0 Å². The molecule has 1 unspecified atom stereocenters. The first-order valence-corrected chi connectivity index (χ1v) is 17.6. The van der Waals surface area contributed by atoms with Crippen LogP contribution in [0.5, 0.6) is 0 Å². The predicted molar refractivity (Wildman–Crippen MR) is 181 cm³/mol. The first-order chi connectivity index (χ1) is 22.1. The molecular weight excluding hydrogens is 693 g/mol. The van der Waals surface area contributed by atoms with E-state index in [0.29, 0.717) is 0 Å². The third-order valence-electron chi connectivity index (χ3n) is 8.02. The fourth-order valence-electron chi connectivity index (χ4n) is 5.64. The lowest BCUT2D eigenvalue weighted by atomic mass is 10.0. The minimum atomic E-state index is -4.32. The van der Waals surface area contributed by atoms with Gasteiger partial charge in [-0.3, -0.25) is 13.9 Å². The molecule has 2 amide bonds. The van der Waals surface area contributed by atoms with E-state index in [-0.39, 0.29) is 40.5 Å². The highest BCUT2D eigenvalue weighted by molar-refractivity contribution is 9.10. The predicted octanol–water partition coefficient (Wildman–Crippen LogP) is 7.14. The molecule has 1 fully saturated rings. The molecule has 0 aromatic heterocycles. The number of hydrogen-bond donors (Lipinski definition) is 1. The van der Waals surface area contributed by atoms with Gasteiger partial charge in [0.2, 0.25) is 11.8 Å². The van der Waals surface area contributed by atoms with Crippen LogP contribution in [0.25, 0.3) is 0 Å². The number of anilines is 1. The first kappa shape index (κ1) is 33.6. The molecule has 0 bridgehead atoms. The summed E-state index contributed by atoms with van der Waals surface area (Å²) in [5.41, 5.74) is 1.61. The van der Waals surface area contributed by atoms with E-state index in [9.17, 15) is 22.4 Å². The molecule has 11 heteroatoms. The van der Waals surface area contributed by atoms with Crippen LogP contribution >= 0.6 is 27.5 Å². The quantitative estimate of drug-likeness (QED) is 0.168. The van der Waals surface area contributed by atoms with E-state index in [1.807, 2.05) is 54.6 Å². The van der Waals surface area contributed by atoms with Crippen molar-refractivity contribution in [2.45, 2.75) is 55.6 Å². The Balaban J connectivity index is 1.57. The first-order valence-electron chi connectivity index (χ1n) is 15.0. The van der Waals surface area contributed by atoms with Crippen molar-refractivity contribution in [3.63, 3.8) is 0 Å². The molecule has 0 saturated heterocycles. The van der Waals surface area contributed by atoms with Crippen LogP contribution in [0.3, 0.4) is 0 Å². The van der Waals surface area contributed by atoms with Crippen molar-refractivity contribution in [2.75, 3.05) is 10.8 Å². The fourth-order valence-corrected chi connectivity index (χ4v) is 7.69. The van der Waals surface area contributed by atoms with Crippen LogP contribution in [0.2, 0.25) is 5.02 Å². The number of carbonyl (C=O) groups is 2. The Kier molecular flexibility index (Phi) is 11.1. The highest BCUT2D eigenvalue weighted by atomic mass is 79.9. The van der Waals surface area contributed by atoms with E-state index in [0.717, 1.165) is 51.7 Å². The molecule has 4 aromatic rings. The standard InChI is InChI=1S/C35H34BrClFN3O4S/c36-27-13-9-12-26(20-27)23-40(33(21-25-10-3-1-4-11-25)35(43)39-28-14-7-8-15-28)34(42)24-41(29-18-19-32(38)31(37)22-29)46(44,45)30-16-5-2-6-17-30/h1-6,9-13,16-20,22,28,33H,7-8,14-15,21,23-24H2,(H,39,43). The molecule has 0 spiro atoms. The van der Waals surface area contributed by atoms with Gasteiger partial charge in [-0.1, -0.05) is 101 Å². The van der Waals surface area contributed by atoms with Crippen LogP contribution in [0, 0.1) is 5.82 Å². The Bertz CT molecular complexity index is 1770. The number of benzene rings is 4. The number of carbonyl (C=O) groups excluding carboxylic acids is 2. The maximum Gasteiger partial charge on any atom is 0.264 e. The third-order valence-corrected chi connectivity index (χ3v) is 10.6. The monoisotopic (exact) mass is 725 g/mol. The summed E-state index contributed by atoms with van der Waals surface area (Å²) < 4.78 is 44.0. The van der Waals surface area contributed by atoms with Gasteiger partial charge in [0.1, 0.15) is 18.4 Å². The van der Waals surface area contributed by atoms with Gasteiger partial charge in [-0.25, -0.2) is 12.8 Å². The van der Waals surface area contributed by atoms with Crippen molar-refractivity contribution < 1.29 is 22.4 Å². The average molecular weight is 727 g/mol. The molecule has 0 aliphatic heterocycles. The lowest BCUT2D eigenvalue weighted by Gasteiger charge is -2.34. The van der Waals surface area contributed by atoms with Crippen LogP contribution < -0.4 is 9.62 Å². The van der Waals surface area contributed by atoms with Crippen molar-refractivity contribution in [1.82, 2.24) is 10.2 Å². The summed E-state index contributed by atoms with van der Waals surface area (Å²) >= 11 is 9.58. The lowest BCUT2D eigenvalue weighted by molar-refractivity contribution is -0.140. The van der Waals surface area contributed by atoms with Crippen molar-refractivity contribution >= 4 is 55.1 Å². The van der Waals surface area contributed by atoms with E-state index in [1.165, 1.54) is 29.2 Å². The van der Waals surface area contributed by atoms with Crippen LogP contribution in [0.15, 0.2) is 112 Å². The van der Waals surface area contributed by atoms with Gasteiger partial charge >= 0.3 is 0 Å². The molecule has 4 aromatic carbocycles. The van der Waals surface area contributed by atoms with Gasteiger partial charge in [-0.15, -0.1) is 0 Å². The minimum Gasteiger partial charge on any atom is -0.352 e. The Morgan fingerprint density at radius 3 is 2.20 bits per heavy atom. The summed E-state index contributed by atoms with van der Waals surface area (Å²) in [5, 5.41) is 2.86. The molecule has 1 aliphatic rings. The van der Waals surface area contributed by atoms with Crippen molar-refractivity contribution in [3.8, 4) is 0 Å². The second-order valence-corrected chi connectivity index (χ2v) is 14.5. The smallest absolute Gasteiger partial charge is 0.264 e. The number of nitrogens with zero attached hydrogens (tertiary/aromatic N) is 2. The number of nitrogens with one attached hydrogen (secondary N) is 1. The van der Waals surface area contributed by atoms with Gasteiger partial charge in [0.25, 0.3) is 10.0 Å². The van der Waals surface area contributed by atoms with Gasteiger partial charge in [-0.2, -0.15) is 0 Å². The Morgan fingerprint density at radius 2 is 1.54 bits per heavy atom. The summed E-state index contributed by atoms with van der Waals surface area (Å²) in [6.07, 6.45) is 3.96. The summed E-state index contributed by atoms with van der Waals surface area (Å²) in [7, 11) is -4.32. The van der Waals surface area contributed by atoms with Crippen molar-refractivity contribution in [3.05, 3.63) is 130 Å². The Hall–Kier alpha value is -3.73. The molecule has 46 heavy (non-hydrogen) atoms. The van der Waals surface area contributed by atoms with Gasteiger partial charge in [-0.05, 0) is 66.4 Å². The molecule has 5 rings (SSSR count). The Labute approximate surface area is 282 Å². The Morgan fingerprint density at radius 1 is 0.891 bits per heavy atom. The second-order valence-electron chi connectivity index (χ2n) is 11.3. The van der Waals surface area contributed by atoms with E-state index < -0.39 is 34.3 Å². The maximum atomic E-state index is 14.5. The summed E-state index contributed by atoms with van der Waals surface area (Å²) in [6, 6.07) is 27.0. The molecule has 1 atom stereocenters. The molecular formula is C35H34BrClFN3O4S. The highest BCUT2D eigenvalue weighted by Crippen LogP contribution is 2.29. The van der Waals surface area contributed by atoms with Gasteiger partial charge in [0.15, 0.2) is 0 Å². The van der Waals surface area contributed by atoms with Crippen LogP contribution in [0.4, 0.5) is 10.1 Å². The molecule has 1 saturated carbocycles. The fraction of sp³-hybridized carbons (Fsp3) is 0.257. The summed E-state index contributed by atoms with van der Waals surface area (Å²) in [4.78, 5) is 30.0. The number of halogens is 3. The van der Waals surface area contributed by atoms with Crippen LogP contribution in [0.1, 0.15) is 36.8 Å². The van der Waals surface area contributed by atoms with E-state index in [4.69, 9.17) is 11.6 Å². The van der Waals surface area contributed by atoms with E-state index in [2.05, 4.69) is 21.2 Å². The molecule has 1 aliphatic carbocycles. The maximum absolute atomic E-state index is 14.5. The second kappa shape index (κ2) is 15.2. The molecule has 0 heterocycles. The normalized spacial score (nSPS) is 14.1. The molecule has 7 nitrogen and oxygen atoms in total. The number of rotatable bonds is 12. The van der Waals surface area contributed by atoms with Crippen molar-refractivity contribution in [1.29, 1.82) is 0 Å². The van der Waals surface area contributed by atoms with Crippen LogP contribution in [-0.2, 0) is 32.6 Å². The zero-order valence-electron chi connectivity index (χ0n) is 25.0.